The predicted molar refractivity (Wildman–Crippen MR) is 87.8 cm³/mol. The van der Waals surface area contributed by atoms with E-state index in [1.807, 2.05) is 4.90 Å². The SMILES string of the molecule is Cc1nnc(CN2CCN(C(=O)COc3ccc(Cl)cc3)CC2)o1. The van der Waals surface area contributed by atoms with E-state index < -0.39 is 0 Å². The summed E-state index contributed by atoms with van der Waals surface area (Å²) in [5.74, 6) is 1.80. The van der Waals surface area contributed by atoms with Crippen LogP contribution in [0.4, 0.5) is 0 Å². The Morgan fingerprint density at radius 3 is 2.54 bits per heavy atom. The number of aryl methyl sites for hydroxylation is 1. The number of halogens is 1. The van der Waals surface area contributed by atoms with E-state index in [2.05, 4.69) is 15.1 Å². The molecule has 0 spiro atoms. The van der Waals surface area contributed by atoms with Crippen LogP contribution in [0.2, 0.25) is 5.02 Å². The first kappa shape index (κ1) is 16.7. The Balaban J connectivity index is 1.42. The second-order valence-corrected chi connectivity index (χ2v) is 6.05. The number of aromatic nitrogens is 2. The maximum atomic E-state index is 12.2. The van der Waals surface area contributed by atoms with Gasteiger partial charge >= 0.3 is 0 Å². The number of hydrogen-bond donors (Lipinski definition) is 0. The van der Waals surface area contributed by atoms with Crippen LogP contribution >= 0.6 is 11.6 Å². The lowest BCUT2D eigenvalue weighted by Crippen LogP contribution is -2.49. The quantitative estimate of drug-likeness (QED) is 0.818. The molecule has 0 atom stereocenters. The fraction of sp³-hybridized carbons (Fsp3) is 0.438. The highest BCUT2D eigenvalue weighted by Crippen LogP contribution is 2.15. The van der Waals surface area contributed by atoms with Crippen molar-refractivity contribution in [3.05, 3.63) is 41.1 Å². The summed E-state index contributed by atoms with van der Waals surface area (Å²) in [5.41, 5.74) is 0. The van der Waals surface area contributed by atoms with Crippen molar-refractivity contribution in [2.75, 3.05) is 32.8 Å². The second-order valence-electron chi connectivity index (χ2n) is 5.61. The van der Waals surface area contributed by atoms with E-state index in [4.69, 9.17) is 20.8 Å². The molecular weight excluding hydrogens is 332 g/mol. The van der Waals surface area contributed by atoms with Gasteiger partial charge in [0.25, 0.3) is 5.91 Å². The summed E-state index contributed by atoms with van der Waals surface area (Å²) in [5, 5.41) is 8.46. The van der Waals surface area contributed by atoms with E-state index in [1.54, 1.807) is 31.2 Å². The van der Waals surface area contributed by atoms with Gasteiger partial charge in [-0.25, -0.2) is 0 Å². The smallest absolute Gasteiger partial charge is 0.260 e. The first-order valence-electron chi connectivity index (χ1n) is 7.77. The van der Waals surface area contributed by atoms with Crippen LogP contribution in [-0.4, -0.2) is 58.7 Å². The number of hydrogen-bond acceptors (Lipinski definition) is 6. The van der Waals surface area contributed by atoms with Gasteiger partial charge in [-0.2, -0.15) is 0 Å². The lowest BCUT2D eigenvalue weighted by atomic mass is 10.3. The topological polar surface area (TPSA) is 71.7 Å². The molecule has 128 valence electrons. The standard InChI is InChI=1S/C16H19ClN4O3/c1-12-18-19-15(24-12)10-20-6-8-21(9-7-20)16(22)11-23-14-4-2-13(17)3-5-14/h2-5H,6-11H2,1H3. The lowest BCUT2D eigenvalue weighted by molar-refractivity contribution is -0.135. The molecule has 1 aromatic heterocycles. The highest BCUT2D eigenvalue weighted by molar-refractivity contribution is 6.30. The van der Waals surface area contributed by atoms with Crippen LogP contribution in [0, 0.1) is 6.92 Å². The summed E-state index contributed by atoms with van der Waals surface area (Å²) in [6, 6.07) is 6.97. The molecule has 0 saturated carbocycles. The summed E-state index contributed by atoms with van der Waals surface area (Å²) >= 11 is 5.82. The van der Waals surface area contributed by atoms with Gasteiger partial charge in [0.1, 0.15) is 5.75 Å². The van der Waals surface area contributed by atoms with Gasteiger partial charge in [0.05, 0.1) is 6.54 Å². The summed E-state index contributed by atoms with van der Waals surface area (Å²) in [6.07, 6.45) is 0. The molecule has 24 heavy (non-hydrogen) atoms. The van der Waals surface area contributed by atoms with E-state index in [-0.39, 0.29) is 12.5 Å². The van der Waals surface area contributed by atoms with Crippen molar-refractivity contribution in [1.82, 2.24) is 20.0 Å². The minimum absolute atomic E-state index is 0.0155. The Morgan fingerprint density at radius 1 is 1.21 bits per heavy atom. The van der Waals surface area contributed by atoms with Crippen LogP contribution < -0.4 is 4.74 Å². The van der Waals surface area contributed by atoms with Crippen molar-refractivity contribution < 1.29 is 13.9 Å². The zero-order valence-corrected chi connectivity index (χ0v) is 14.2. The Hall–Kier alpha value is -2.12. The molecule has 8 heteroatoms. The monoisotopic (exact) mass is 350 g/mol. The summed E-state index contributed by atoms with van der Waals surface area (Å²) < 4.78 is 10.9. The number of carbonyl (C=O) groups is 1. The van der Waals surface area contributed by atoms with Gasteiger partial charge in [-0.1, -0.05) is 11.6 Å². The molecule has 0 unspecified atom stereocenters. The molecule has 2 heterocycles. The summed E-state index contributed by atoms with van der Waals surface area (Å²) in [4.78, 5) is 16.2. The molecule has 3 rings (SSSR count). The number of amides is 1. The maximum absolute atomic E-state index is 12.2. The van der Waals surface area contributed by atoms with Gasteiger partial charge < -0.3 is 14.1 Å². The first-order chi connectivity index (χ1) is 11.6. The van der Waals surface area contributed by atoms with E-state index in [1.165, 1.54) is 0 Å². The molecule has 0 bridgehead atoms. The summed E-state index contributed by atoms with van der Waals surface area (Å²) in [6.45, 7) is 5.29. The molecule has 1 aromatic carbocycles. The molecule has 1 aliphatic rings. The minimum atomic E-state index is -0.0155. The summed E-state index contributed by atoms with van der Waals surface area (Å²) in [7, 11) is 0. The number of carbonyl (C=O) groups excluding carboxylic acids is 1. The van der Waals surface area contributed by atoms with Gasteiger partial charge in [0.2, 0.25) is 11.8 Å². The number of ether oxygens (including phenoxy) is 1. The average molecular weight is 351 g/mol. The van der Waals surface area contributed by atoms with E-state index in [9.17, 15) is 4.79 Å². The zero-order valence-electron chi connectivity index (χ0n) is 13.4. The van der Waals surface area contributed by atoms with Crippen molar-refractivity contribution in [3.63, 3.8) is 0 Å². The molecule has 1 amide bonds. The van der Waals surface area contributed by atoms with Gasteiger partial charge in [-0.3, -0.25) is 9.69 Å². The molecule has 0 N–H and O–H groups in total. The predicted octanol–water partition coefficient (Wildman–Crippen LogP) is 1.75. The maximum Gasteiger partial charge on any atom is 0.260 e. The van der Waals surface area contributed by atoms with Gasteiger partial charge in [0.15, 0.2) is 6.61 Å². The second kappa shape index (κ2) is 7.63. The van der Waals surface area contributed by atoms with Gasteiger partial charge in [-0.15, -0.1) is 10.2 Å². The van der Waals surface area contributed by atoms with Gasteiger partial charge in [-0.05, 0) is 24.3 Å². The van der Waals surface area contributed by atoms with Gasteiger partial charge in [0, 0.05) is 38.1 Å². The zero-order chi connectivity index (χ0) is 16.9. The highest BCUT2D eigenvalue weighted by Gasteiger charge is 2.22. The Labute approximate surface area is 145 Å². The van der Waals surface area contributed by atoms with E-state index >= 15 is 0 Å². The van der Waals surface area contributed by atoms with Crippen LogP contribution in [-0.2, 0) is 11.3 Å². The molecule has 7 nitrogen and oxygen atoms in total. The van der Waals surface area contributed by atoms with Crippen molar-refractivity contribution in [1.29, 1.82) is 0 Å². The molecular formula is C16H19ClN4O3. The van der Waals surface area contributed by atoms with Crippen LogP contribution in [0.25, 0.3) is 0 Å². The normalized spacial score (nSPS) is 15.5. The van der Waals surface area contributed by atoms with Crippen LogP contribution in [0.5, 0.6) is 5.75 Å². The van der Waals surface area contributed by atoms with Crippen molar-refractivity contribution in [2.24, 2.45) is 0 Å². The molecule has 0 aliphatic carbocycles. The van der Waals surface area contributed by atoms with Crippen molar-refractivity contribution in [2.45, 2.75) is 13.5 Å². The van der Waals surface area contributed by atoms with Crippen LogP contribution in [0.15, 0.2) is 28.7 Å². The Kier molecular flexibility index (Phi) is 5.32. The molecule has 2 aromatic rings. The minimum Gasteiger partial charge on any atom is -0.484 e. The van der Waals surface area contributed by atoms with Crippen LogP contribution in [0.1, 0.15) is 11.8 Å². The highest BCUT2D eigenvalue weighted by atomic mass is 35.5. The molecule has 1 fully saturated rings. The molecule has 1 saturated heterocycles. The van der Waals surface area contributed by atoms with Crippen molar-refractivity contribution in [3.8, 4) is 5.75 Å². The number of nitrogens with zero attached hydrogens (tertiary/aromatic N) is 4. The molecule has 1 aliphatic heterocycles. The Morgan fingerprint density at radius 2 is 1.92 bits per heavy atom. The fourth-order valence-electron chi connectivity index (χ4n) is 2.52. The number of piperazine rings is 1. The third-order valence-corrected chi connectivity index (χ3v) is 4.08. The third kappa shape index (κ3) is 4.46. The lowest BCUT2D eigenvalue weighted by Gasteiger charge is -2.33. The fourth-order valence-corrected chi connectivity index (χ4v) is 2.64. The number of benzene rings is 1. The number of rotatable bonds is 5. The average Bonchev–Trinajstić information content (AvgIpc) is 2.99. The van der Waals surface area contributed by atoms with E-state index in [0.717, 1.165) is 13.1 Å². The van der Waals surface area contributed by atoms with Crippen LogP contribution in [0.3, 0.4) is 0 Å². The largest absolute Gasteiger partial charge is 0.484 e. The van der Waals surface area contributed by atoms with E-state index in [0.29, 0.717) is 42.2 Å². The van der Waals surface area contributed by atoms with Crippen molar-refractivity contribution >= 4 is 17.5 Å². The third-order valence-electron chi connectivity index (χ3n) is 3.83. The molecule has 0 radical (unpaired) electrons. The first-order valence-corrected chi connectivity index (χ1v) is 8.15. The Bertz CT molecular complexity index is 681.